The summed E-state index contributed by atoms with van der Waals surface area (Å²) in [7, 11) is 0. The number of halogens is 1. The van der Waals surface area contributed by atoms with Gasteiger partial charge in [0, 0.05) is 32.2 Å². The Morgan fingerprint density at radius 3 is 2.79 bits per heavy atom. The molecule has 0 fully saturated rings. The predicted molar refractivity (Wildman–Crippen MR) is 133 cm³/mol. The second kappa shape index (κ2) is 8.77. The van der Waals surface area contributed by atoms with Crippen LogP contribution in [-0.4, -0.2) is 27.8 Å². The molecule has 3 aromatic heterocycles. The number of furan rings is 1. The van der Waals surface area contributed by atoms with Crippen LogP contribution < -0.4 is 5.43 Å². The summed E-state index contributed by atoms with van der Waals surface area (Å²) in [6.07, 6.45) is 5.40. The van der Waals surface area contributed by atoms with Crippen molar-refractivity contribution in [1.29, 1.82) is 0 Å². The number of aromatic carboxylic acids is 1. The molecule has 4 aromatic rings. The highest BCUT2D eigenvalue weighted by atomic mass is 35.5. The van der Waals surface area contributed by atoms with E-state index in [1.165, 1.54) is 4.88 Å². The van der Waals surface area contributed by atoms with E-state index in [0.717, 1.165) is 58.6 Å². The van der Waals surface area contributed by atoms with Gasteiger partial charge in [-0.05, 0) is 75.4 Å². The standard InChI is InChI=1S/C25H22ClN3O4S/c1-13-9-16(12-27-28-23(30)20-11-15-10-17(26)7-8-19(15)33-20)14(2)29(13)24-22(25(31)32)18-5-3-4-6-21(18)34-24/h7-12H,3-6H2,1-2H3,(H,28,30)(H,31,32). The molecule has 0 spiro atoms. The van der Waals surface area contributed by atoms with Crippen molar-refractivity contribution < 1.29 is 19.1 Å². The van der Waals surface area contributed by atoms with E-state index in [-0.39, 0.29) is 5.76 Å². The second-order valence-corrected chi connectivity index (χ2v) is 9.87. The summed E-state index contributed by atoms with van der Waals surface area (Å²) < 4.78 is 7.54. The van der Waals surface area contributed by atoms with Gasteiger partial charge in [0.1, 0.15) is 10.6 Å². The number of thiophene rings is 1. The van der Waals surface area contributed by atoms with Gasteiger partial charge in [0.2, 0.25) is 0 Å². The van der Waals surface area contributed by atoms with E-state index in [1.807, 2.05) is 24.5 Å². The lowest BCUT2D eigenvalue weighted by atomic mass is 9.95. The van der Waals surface area contributed by atoms with Crippen LogP contribution in [0.4, 0.5) is 0 Å². The fraction of sp³-hybridized carbons (Fsp3) is 0.240. The quantitative estimate of drug-likeness (QED) is 0.266. The first kappa shape index (κ1) is 22.4. The molecule has 0 saturated heterocycles. The molecule has 1 aromatic carbocycles. The van der Waals surface area contributed by atoms with Crippen LogP contribution in [0.2, 0.25) is 5.02 Å². The van der Waals surface area contributed by atoms with Gasteiger partial charge in [0.15, 0.2) is 5.76 Å². The topological polar surface area (TPSA) is 96.8 Å². The summed E-state index contributed by atoms with van der Waals surface area (Å²) in [5.74, 6) is -1.23. The van der Waals surface area contributed by atoms with Crippen LogP contribution in [0, 0.1) is 13.8 Å². The third-order valence-corrected chi connectivity index (χ3v) is 7.62. The SMILES string of the molecule is Cc1cc(C=NNC(=O)c2cc3cc(Cl)ccc3o2)c(C)n1-c1sc2c(c1C(=O)O)CCCC2. The fourth-order valence-corrected chi connectivity index (χ4v) is 6.17. The highest BCUT2D eigenvalue weighted by Crippen LogP contribution is 2.38. The number of carbonyl (C=O) groups excluding carboxylic acids is 1. The Labute approximate surface area is 204 Å². The summed E-state index contributed by atoms with van der Waals surface area (Å²) in [5.41, 5.74) is 6.98. The van der Waals surface area contributed by atoms with Crippen molar-refractivity contribution in [1.82, 2.24) is 9.99 Å². The van der Waals surface area contributed by atoms with Crippen molar-refractivity contribution in [2.45, 2.75) is 39.5 Å². The zero-order chi connectivity index (χ0) is 24.0. The van der Waals surface area contributed by atoms with Crippen molar-refractivity contribution in [3.63, 3.8) is 0 Å². The minimum atomic E-state index is -0.892. The molecule has 3 heterocycles. The van der Waals surface area contributed by atoms with Gasteiger partial charge in [-0.1, -0.05) is 11.6 Å². The number of nitrogens with zero attached hydrogens (tertiary/aromatic N) is 2. The van der Waals surface area contributed by atoms with Crippen LogP contribution in [0.15, 0.2) is 39.9 Å². The number of rotatable bonds is 5. The minimum Gasteiger partial charge on any atom is -0.478 e. The molecular weight excluding hydrogens is 474 g/mol. The number of amides is 1. The largest absolute Gasteiger partial charge is 0.478 e. The molecule has 2 N–H and O–H groups in total. The number of fused-ring (bicyclic) bond motifs is 2. The number of aryl methyl sites for hydroxylation is 2. The number of aromatic nitrogens is 1. The van der Waals surface area contributed by atoms with Gasteiger partial charge in [0.25, 0.3) is 0 Å². The number of hydrazone groups is 1. The van der Waals surface area contributed by atoms with Crippen molar-refractivity contribution in [2.75, 3.05) is 0 Å². The number of carboxylic acids is 1. The van der Waals surface area contributed by atoms with Crippen LogP contribution in [0.25, 0.3) is 16.0 Å². The molecule has 0 bridgehead atoms. The summed E-state index contributed by atoms with van der Waals surface area (Å²) in [6, 6.07) is 8.68. The van der Waals surface area contributed by atoms with Gasteiger partial charge in [-0.25, -0.2) is 10.2 Å². The van der Waals surface area contributed by atoms with Crippen LogP contribution >= 0.6 is 22.9 Å². The molecule has 0 unspecified atom stereocenters. The van der Waals surface area contributed by atoms with Crippen molar-refractivity contribution in [2.24, 2.45) is 5.10 Å². The van der Waals surface area contributed by atoms with Crippen molar-refractivity contribution in [3.05, 3.63) is 74.1 Å². The molecule has 9 heteroatoms. The molecule has 0 atom stereocenters. The zero-order valence-electron chi connectivity index (χ0n) is 18.6. The maximum Gasteiger partial charge on any atom is 0.339 e. The van der Waals surface area contributed by atoms with Crippen molar-refractivity contribution >= 4 is 52.0 Å². The Hall–Kier alpha value is -3.36. The number of nitrogens with one attached hydrogen (secondary N) is 1. The number of carbonyl (C=O) groups is 2. The number of benzene rings is 1. The maximum atomic E-state index is 12.5. The average molecular weight is 496 g/mol. The lowest BCUT2D eigenvalue weighted by molar-refractivity contribution is 0.0695. The molecule has 0 aliphatic heterocycles. The van der Waals surface area contributed by atoms with E-state index in [9.17, 15) is 14.7 Å². The summed E-state index contributed by atoms with van der Waals surface area (Å²) in [5, 5.41) is 16.1. The van der Waals surface area contributed by atoms with Gasteiger partial charge < -0.3 is 14.1 Å². The first-order valence-corrected chi connectivity index (χ1v) is 12.1. The van der Waals surface area contributed by atoms with Gasteiger partial charge in [-0.3, -0.25) is 4.79 Å². The Kier molecular flexibility index (Phi) is 5.79. The molecule has 34 heavy (non-hydrogen) atoms. The normalized spacial score (nSPS) is 13.5. The smallest absolute Gasteiger partial charge is 0.339 e. The third-order valence-electron chi connectivity index (χ3n) is 6.11. The lowest BCUT2D eigenvalue weighted by Crippen LogP contribution is -2.16. The number of hydrogen-bond donors (Lipinski definition) is 2. The summed E-state index contributed by atoms with van der Waals surface area (Å²) >= 11 is 7.55. The fourth-order valence-electron chi connectivity index (χ4n) is 4.50. The van der Waals surface area contributed by atoms with E-state index in [2.05, 4.69) is 10.5 Å². The second-order valence-electron chi connectivity index (χ2n) is 8.35. The molecule has 1 aliphatic carbocycles. The van der Waals surface area contributed by atoms with Crippen LogP contribution in [0.1, 0.15) is 61.1 Å². The molecule has 7 nitrogen and oxygen atoms in total. The number of carboxylic acid groups (broad SMARTS) is 1. The molecule has 5 rings (SSSR count). The lowest BCUT2D eigenvalue weighted by Gasteiger charge is -2.11. The summed E-state index contributed by atoms with van der Waals surface area (Å²) in [4.78, 5) is 25.8. The maximum absolute atomic E-state index is 12.5. The minimum absolute atomic E-state index is 0.134. The van der Waals surface area contributed by atoms with E-state index >= 15 is 0 Å². The van der Waals surface area contributed by atoms with E-state index < -0.39 is 11.9 Å². The average Bonchev–Trinajstić information content (AvgIpc) is 3.46. The molecular formula is C25H22ClN3O4S. The van der Waals surface area contributed by atoms with Crippen LogP contribution in [0.3, 0.4) is 0 Å². The molecule has 0 radical (unpaired) electrons. The van der Waals surface area contributed by atoms with Gasteiger partial charge in [-0.2, -0.15) is 5.10 Å². The highest BCUT2D eigenvalue weighted by molar-refractivity contribution is 7.15. The Morgan fingerprint density at radius 2 is 2.00 bits per heavy atom. The summed E-state index contributed by atoms with van der Waals surface area (Å²) in [6.45, 7) is 3.86. The van der Waals surface area contributed by atoms with Gasteiger partial charge in [-0.15, -0.1) is 11.3 Å². The van der Waals surface area contributed by atoms with Crippen LogP contribution in [0.5, 0.6) is 0 Å². The first-order valence-electron chi connectivity index (χ1n) is 10.9. The first-order chi connectivity index (χ1) is 16.3. The molecule has 1 amide bonds. The molecule has 174 valence electrons. The predicted octanol–water partition coefficient (Wildman–Crippen LogP) is 5.90. The van der Waals surface area contributed by atoms with E-state index in [1.54, 1.807) is 41.8 Å². The Bertz CT molecular complexity index is 1480. The highest BCUT2D eigenvalue weighted by Gasteiger charge is 2.27. The van der Waals surface area contributed by atoms with E-state index in [0.29, 0.717) is 16.2 Å². The third kappa shape index (κ3) is 3.93. The Morgan fingerprint density at radius 1 is 1.21 bits per heavy atom. The molecule has 0 saturated carbocycles. The zero-order valence-corrected chi connectivity index (χ0v) is 20.2. The van der Waals surface area contributed by atoms with Gasteiger partial charge in [0.05, 0.1) is 11.8 Å². The van der Waals surface area contributed by atoms with Crippen molar-refractivity contribution in [3.8, 4) is 5.00 Å². The number of hydrogen-bond acceptors (Lipinski definition) is 5. The van der Waals surface area contributed by atoms with Gasteiger partial charge >= 0.3 is 11.9 Å². The Balaban J connectivity index is 1.41. The van der Waals surface area contributed by atoms with Crippen LogP contribution in [-0.2, 0) is 12.8 Å². The molecule has 1 aliphatic rings. The monoisotopic (exact) mass is 495 g/mol. The van der Waals surface area contributed by atoms with E-state index in [4.69, 9.17) is 16.0 Å².